The quantitative estimate of drug-likeness (QED) is 0.609. The van der Waals surface area contributed by atoms with Crippen LogP contribution in [0.3, 0.4) is 0 Å². The molecule has 1 fully saturated rings. The molecular weight excluding hydrogens is 250 g/mol. The van der Waals surface area contributed by atoms with E-state index < -0.39 is 0 Å². The normalized spacial score (nSPS) is 20.9. The first kappa shape index (κ1) is 13.4. The van der Waals surface area contributed by atoms with Crippen LogP contribution in [0.15, 0.2) is 11.2 Å². The summed E-state index contributed by atoms with van der Waals surface area (Å²) in [5, 5.41) is 3.93. The lowest BCUT2D eigenvalue weighted by atomic mass is 10.3. The van der Waals surface area contributed by atoms with Crippen LogP contribution in [0.25, 0.3) is 0 Å². The molecule has 0 aromatic carbocycles. The highest BCUT2D eigenvalue weighted by molar-refractivity contribution is 7.98. The number of hydrogen-bond donors (Lipinski definition) is 2. The number of nitrogen functional groups attached to an aromatic ring is 1. The van der Waals surface area contributed by atoms with E-state index in [-0.39, 0.29) is 6.10 Å². The smallest absolute Gasteiger partial charge is 0.191 e. The van der Waals surface area contributed by atoms with Gasteiger partial charge in [-0.25, -0.2) is 9.97 Å². The summed E-state index contributed by atoms with van der Waals surface area (Å²) >= 11 is 1.48. The van der Waals surface area contributed by atoms with E-state index in [1.165, 1.54) is 11.8 Å². The van der Waals surface area contributed by atoms with Gasteiger partial charge in [0.1, 0.15) is 11.6 Å². The van der Waals surface area contributed by atoms with Crippen LogP contribution in [0.2, 0.25) is 0 Å². The van der Waals surface area contributed by atoms with Crippen LogP contribution in [0.4, 0.5) is 11.6 Å². The van der Waals surface area contributed by atoms with E-state index in [1.807, 2.05) is 6.26 Å². The van der Waals surface area contributed by atoms with Crippen molar-refractivity contribution in [3.05, 3.63) is 6.07 Å². The van der Waals surface area contributed by atoms with Gasteiger partial charge in [0.25, 0.3) is 0 Å². The van der Waals surface area contributed by atoms with Crippen LogP contribution in [0.1, 0.15) is 0 Å². The molecular formula is C11H19N5OS. The van der Waals surface area contributed by atoms with Gasteiger partial charge in [-0.3, -0.25) is 0 Å². The SMILES string of the molecule is CSc1nc(N)cc(NCC2CN(C)CCO2)n1. The average molecular weight is 269 g/mol. The third-order valence-electron chi connectivity index (χ3n) is 2.76. The summed E-state index contributed by atoms with van der Waals surface area (Å²) in [5.41, 5.74) is 5.72. The molecule has 2 heterocycles. The van der Waals surface area contributed by atoms with Gasteiger partial charge in [0.2, 0.25) is 0 Å². The Hall–Kier alpha value is -1.05. The Morgan fingerprint density at radius 1 is 1.61 bits per heavy atom. The molecule has 18 heavy (non-hydrogen) atoms. The Bertz CT molecular complexity index is 403. The van der Waals surface area contributed by atoms with E-state index in [9.17, 15) is 0 Å². The maximum atomic E-state index is 5.72. The summed E-state index contributed by atoms with van der Waals surface area (Å²) in [6.07, 6.45) is 2.12. The Labute approximate surface area is 111 Å². The minimum Gasteiger partial charge on any atom is -0.383 e. The topological polar surface area (TPSA) is 76.3 Å². The van der Waals surface area contributed by atoms with E-state index in [0.717, 1.165) is 32.1 Å². The predicted octanol–water partition coefficient (Wildman–Crippen LogP) is 0.523. The second kappa shape index (κ2) is 6.21. The standard InChI is InChI=1S/C11H19N5OS/c1-16-3-4-17-8(7-16)6-13-10-5-9(12)14-11(15-10)18-2/h5,8H,3-4,6-7H2,1-2H3,(H3,12,13,14,15). The highest BCUT2D eigenvalue weighted by Gasteiger charge is 2.17. The Morgan fingerprint density at radius 2 is 2.44 bits per heavy atom. The lowest BCUT2D eigenvalue weighted by Crippen LogP contribution is -2.43. The van der Waals surface area contributed by atoms with Gasteiger partial charge < -0.3 is 20.7 Å². The van der Waals surface area contributed by atoms with E-state index in [2.05, 4.69) is 27.2 Å². The molecule has 0 bridgehead atoms. The maximum absolute atomic E-state index is 5.72. The van der Waals surface area contributed by atoms with Crippen LogP contribution in [-0.2, 0) is 4.74 Å². The van der Waals surface area contributed by atoms with Crippen LogP contribution in [0.5, 0.6) is 0 Å². The van der Waals surface area contributed by atoms with Gasteiger partial charge in [0.15, 0.2) is 5.16 Å². The van der Waals surface area contributed by atoms with E-state index >= 15 is 0 Å². The predicted molar refractivity (Wildman–Crippen MR) is 74.0 cm³/mol. The minimum atomic E-state index is 0.192. The molecule has 2 rings (SSSR count). The molecule has 6 nitrogen and oxygen atoms in total. The number of nitrogens with one attached hydrogen (secondary N) is 1. The van der Waals surface area contributed by atoms with Crippen molar-refractivity contribution in [2.24, 2.45) is 0 Å². The first-order chi connectivity index (χ1) is 8.67. The molecule has 3 N–H and O–H groups in total. The van der Waals surface area contributed by atoms with Gasteiger partial charge in [0, 0.05) is 25.7 Å². The number of morpholine rings is 1. The molecule has 1 unspecified atom stereocenters. The zero-order valence-corrected chi connectivity index (χ0v) is 11.5. The van der Waals surface area contributed by atoms with Crippen molar-refractivity contribution in [2.75, 3.05) is 50.6 Å². The first-order valence-electron chi connectivity index (χ1n) is 5.90. The third-order valence-corrected chi connectivity index (χ3v) is 3.31. The second-order valence-electron chi connectivity index (χ2n) is 4.30. The van der Waals surface area contributed by atoms with Gasteiger partial charge >= 0.3 is 0 Å². The zero-order valence-electron chi connectivity index (χ0n) is 10.7. The van der Waals surface area contributed by atoms with Crippen molar-refractivity contribution in [2.45, 2.75) is 11.3 Å². The van der Waals surface area contributed by atoms with E-state index in [1.54, 1.807) is 6.07 Å². The van der Waals surface area contributed by atoms with Gasteiger partial charge in [-0.05, 0) is 13.3 Å². The molecule has 0 saturated carbocycles. The van der Waals surface area contributed by atoms with Crippen molar-refractivity contribution < 1.29 is 4.74 Å². The first-order valence-corrected chi connectivity index (χ1v) is 7.12. The largest absolute Gasteiger partial charge is 0.383 e. The molecule has 1 aliphatic heterocycles. The van der Waals surface area contributed by atoms with Crippen molar-refractivity contribution >= 4 is 23.4 Å². The Balaban J connectivity index is 1.91. The van der Waals surface area contributed by atoms with Crippen molar-refractivity contribution in [3.63, 3.8) is 0 Å². The van der Waals surface area contributed by atoms with Gasteiger partial charge in [-0.2, -0.15) is 0 Å². The number of thioether (sulfide) groups is 1. The summed E-state index contributed by atoms with van der Waals surface area (Å²) < 4.78 is 5.67. The molecule has 7 heteroatoms. The molecule has 0 aliphatic carbocycles. The average Bonchev–Trinajstić information content (AvgIpc) is 2.36. The molecule has 0 radical (unpaired) electrons. The summed E-state index contributed by atoms with van der Waals surface area (Å²) in [7, 11) is 2.10. The molecule has 1 aromatic rings. The summed E-state index contributed by atoms with van der Waals surface area (Å²) in [5.74, 6) is 1.24. The minimum absolute atomic E-state index is 0.192. The van der Waals surface area contributed by atoms with Crippen molar-refractivity contribution in [1.29, 1.82) is 0 Å². The number of nitrogens with two attached hydrogens (primary N) is 1. The molecule has 1 atom stereocenters. The Kier molecular flexibility index (Phi) is 4.62. The van der Waals surface area contributed by atoms with Crippen LogP contribution >= 0.6 is 11.8 Å². The molecule has 1 aliphatic rings. The fourth-order valence-electron chi connectivity index (χ4n) is 1.83. The van der Waals surface area contributed by atoms with Gasteiger partial charge in [0.05, 0.1) is 12.7 Å². The highest BCUT2D eigenvalue weighted by atomic mass is 32.2. The van der Waals surface area contributed by atoms with Crippen LogP contribution < -0.4 is 11.1 Å². The third kappa shape index (κ3) is 3.72. The molecule has 100 valence electrons. The maximum Gasteiger partial charge on any atom is 0.191 e. The van der Waals surface area contributed by atoms with Crippen molar-refractivity contribution in [1.82, 2.24) is 14.9 Å². The fraction of sp³-hybridized carbons (Fsp3) is 0.636. The lowest BCUT2D eigenvalue weighted by Gasteiger charge is -2.30. The number of hydrogen-bond acceptors (Lipinski definition) is 7. The summed E-state index contributed by atoms with van der Waals surface area (Å²) in [6.45, 7) is 3.44. The van der Waals surface area contributed by atoms with Crippen LogP contribution in [0, 0.1) is 0 Å². The number of likely N-dealkylation sites (N-methyl/N-ethyl adjacent to an activating group) is 1. The zero-order chi connectivity index (χ0) is 13.0. The molecule has 0 spiro atoms. The number of aromatic nitrogens is 2. The number of ether oxygens (including phenoxy) is 1. The second-order valence-corrected chi connectivity index (χ2v) is 5.07. The summed E-state index contributed by atoms with van der Waals surface area (Å²) in [6, 6.07) is 1.74. The lowest BCUT2D eigenvalue weighted by molar-refractivity contribution is -0.0117. The number of anilines is 2. The molecule has 1 aromatic heterocycles. The van der Waals surface area contributed by atoms with E-state index in [0.29, 0.717) is 11.0 Å². The molecule has 1 saturated heterocycles. The number of nitrogens with zero attached hydrogens (tertiary/aromatic N) is 3. The van der Waals surface area contributed by atoms with Gasteiger partial charge in [-0.15, -0.1) is 0 Å². The van der Waals surface area contributed by atoms with Gasteiger partial charge in [-0.1, -0.05) is 11.8 Å². The monoisotopic (exact) mass is 269 g/mol. The number of rotatable bonds is 4. The van der Waals surface area contributed by atoms with E-state index in [4.69, 9.17) is 10.5 Å². The Morgan fingerprint density at radius 3 is 3.17 bits per heavy atom. The summed E-state index contributed by atoms with van der Waals surface area (Å²) in [4.78, 5) is 10.7. The van der Waals surface area contributed by atoms with Crippen LogP contribution in [-0.4, -0.2) is 60.5 Å². The molecule has 0 amide bonds. The fourth-order valence-corrected chi connectivity index (χ4v) is 2.22. The highest BCUT2D eigenvalue weighted by Crippen LogP contribution is 2.15. The van der Waals surface area contributed by atoms with Crippen molar-refractivity contribution in [3.8, 4) is 0 Å².